The number of aryl methyl sites for hydroxylation is 1. The summed E-state index contributed by atoms with van der Waals surface area (Å²) in [6, 6.07) is 24.1. The lowest BCUT2D eigenvalue weighted by Crippen LogP contribution is -2.53. The van der Waals surface area contributed by atoms with E-state index in [0.717, 1.165) is 15.4 Å². The van der Waals surface area contributed by atoms with Crippen LogP contribution in [-0.4, -0.2) is 59.0 Å². The molecule has 0 heterocycles. The fourth-order valence-electron chi connectivity index (χ4n) is 4.90. The minimum absolute atomic E-state index is 0.0103. The number of carbonyl (C=O) groups excluding carboxylic acids is 2. The molecule has 4 aromatic carbocycles. The lowest BCUT2D eigenvalue weighted by molar-refractivity contribution is -0.139. The fourth-order valence-corrected chi connectivity index (χ4v) is 6.63. The van der Waals surface area contributed by atoms with E-state index >= 15 is 0 Å². The maximum Gasteiger partial charge on any atom is 0.264 e. The molecule has 0 aliphatic carbocycles. The molecule has 9 nitrogen and oxygen atoms in total. The number of hydrogen-bond donors (Lipinski definition) is 1. The Hall–Kier alpha value is -4.25. The van der Waals surface area contributed by atoms with Crippen molar-refractivity contribution in [3.63, 3.8) is 0 Å². The van der Waals surface area contributed by atoms with E-state index in [9.17, 15) is 18.0 Å². The van der Waals surface area contributed by atoms with Crippen LogP contribution in [0.4, 0.5) is 5.69 Å². The summed E-state index contributed by atoms with van der Waals surface area (Å²) in [6.07, 6.45) is 0.175. The lowest BCUT2D eigenvalue weighted by Gasteiger charge is -2.33. The van der Waals surface area contributed by atoms with Crippen molar-refractivity contribution in [2.45, 2.75) is 30.8 Å². The number of hydrogen-bond acceptors (Lipinski definition) is 6. The molecule has 12 heteroatoms. The van der Waals surface area contributed by atoms with Gasteiger partial charge in [-0.1, -0.05) is 77.3 Å². The highest BCUT2D eigenvalue weighted by molar-refractivity contribution is 7.92. The number of halogens is 2. The van der Waals surface area contributed by atoms with Gasteiger partial charge in [0.25, 0.3) is 10.0 Å². The number of likely N-dealkylation sites (N-methyl/N-ethyl adjacent to an activating group) is 1. The van der Waals surface area contributed by atoms with Crippen molar-refractivity contribution in [1.29, 1.82) is 0 Å². The highest BCUT2D eigenvalue weighted by Crippen LogP contribution is 2.34. The van der Waals surface area contributed by atoms with Gasteiger partial charge in [0.2, 0.25) is 11.8 Å². The molecular weight excluding hydrogens is 649 g/mol. The number of amides is 2. The second kappa shape index (κ2) is 15.4. The summed E-state index contributed by atoms with van der Waals surface area (Å²) in [4.78, 5) is 29.2. The smallest absolute Gasteiger partial charge is 0.264 e. The Bertz CT molecular complexity index is 1790. The topological polar surface area (TPSA) is 105 Å². The molecular formula is C34H35Cl2N3O6S. The molecule has 0 saturated heterocycles. The van der Waals surface area contributed by atoms with Crippen LogP contribution in [0.2, 0.25) is 10.0 Å². The lowest BCUT2D eigenvalue weighted by atomic mass is 10.0. The molecule has 0 bridgehead atoms. The Morgan fingerprint density at radius 3 is 2.11 bits per heavy atom. The van der Waals surface area contributed by atoms with E-state index in [0.29, 0.717) is 16.3 Å². The predicted octanol–water partition coefficient (Wildman–Crippen LogP) is 5.90. The molecule has 46 heavy (non-hydrogen) atoms. The van der Waals surface area contributed by atoms with Crippen molar-refractivity contribution in [3.8, 4) is 11.5 Å². The van der Waals surface area contributed by atoms with E-state index in [-0.39, 0.29) is 34.3 Å². The number of benzene rings is 4. The first-order chi connectivity index (χ1) is 22.0. The molecule has 2 amide bonds. The third kappa shape index (κ3) is 8.12. The van der Waals surface area contributed by atoms with Crippen LogP contribution in [0.15, 0.2) is 95.9 Å². The maximum absolute atomic E-state index is 14.5. The predicted molar refractivity (Wildman–Crippen MR) is 180 cm³/mol. The molecule has 0 fully saturated rings. The molecule has 1 atom stereocenters. The van der Waals surface area contributed by atoms with Gasteiger partial charge in [0.05, 0.1) is 34.8 Å². The number of nitrogens with zero attached hydrogens (tertiary/aromatic N) is 2. The summed E-state index contributed by atoms with van der Waals surface area (Å²) < 4.78 is 40.2. The van der Waals surface area contributed by atoms with E-state index in [1.807, 2.05) is 37.3 Å². The van der Waals surface area contributed by atoms with E-state index < -0.39 is 34.4 Å². The molecule has 242 valence electrons. The summed E-state index contributed by atoms with van der Waals surface area (Å²) >= 11 is 12.5. The van der Waals surface area contributed by atoms with Gasteiger partial charge in [0.1, 0.15) is 12.6 Å². The number of rotatable bonds is 13. The maximum atomic E-state index is 14.5. The van der Waals surface area contributed by atoms with Crippen molar-refractivity contribution >= 4 is 50.7 Å². The van der Waals surface area contributed by atoms with Gasteiger partial charge in [-0.3, -0.25) is 13.9 Å². The van der Waals surface area contributed by atoms with Crippen LogP contribution < -0.4 is 19.1 Å². The summed E-state index contributed by atoms with van der Waals surface area (Å²) in [6.45, 7) is 1.17. The number of carbonyl (C=O) groups is 2. The average molecular weight is 685 g/mol. The Morgan fingerprint density at radius 1 is 0.826 bits per heavy atom. The van der Waals surface area contributed by atoms with Crippen molar-refractivity contribution in [1.82, 2.24) is 10.2 Å². The normalized spacial score (nSPS) is 11.8. The second-order valence-electron chi connectivity index (χ2n) is 10.5. The van der Waals surface area contributed by atoms with Crippen LogP contribution in [0.5, 0.6) is 11.5 Å². The molecule has 0 aromatic heterocycles. The Balaban J connectivity index is 1.84. The first kappa shape index (κ1) is 34.6. The minimum Gasteiger partial charge on any atom is -0.493 e. The van der Waals surface area contributed by atoms with Gasteiger partial charge in [0, 0.05) is 26.1 Å². The first-order valence-corrected chi connectivity index (χ1v) is 16.5. The summed E-state index contributed by atoms with van der Waals surface area (Å²) in [5.74, 6) is -0.386. The number of sulfonamides is 1. The second-order valence-corrected chi connectivity index (χ2v) is 13.1. The van der Waals surface area contributed by atoms with Crippen LogP contribution >= 0.6 is 23.2 Å². The Morgan fingerprint density at radius 2 is 1.50 bits per heavy atom. The zero-order chi connectivity index (χ0) is 33.4. The van der Waals surface area contributed by atoms with Crippen molar-refractivity contribution in [3.05, 3.63) is 118 Å². The number of nitrogens with one attached hydrogen (secondary N) is 1. The Labute approximate surface area is 279 Å². The van der Waals surface area contributed by atoms with Gasteiger partial charge in [-0.25, -0.2) is 8.42 Å². The monoisotopic (exact) mass is 683 g/mol. The van der Waals surface area contributed by atoms with Gasteiger partial charge in [-0.15, -0.1) is 0 Å². The molecule has 0 unspecified atom stereocenters. The van der Waals surface area contributed by atoms with Gasteiger partial charge in [-0.05, 0) is 54.4 Å². The summed E-state index contributed by atoms with van der Waals surface area (Å²) in [5, 5.41) is 3.27. The van der Waals surface area contributed by atoms with E-state index in [4.69, 9.17) is 32.7 Å². The van der Waals surface area contributed by atoms with E-state index in [1.54, 1.807) is 36.4 Å². The van der Waals surface area contributed by atoms with Gasteiger partial charge < -0.3 is 19.7 Å². The van der Waals surface area contributed by atoms with Crippen molar-refractivity contribution < 1.29 is 27.5 Å². The van der Waals surface area contributed by atoms with E-state index in [1.165, 1.54) is 50.4 Å². The van der Waals surface area contributed by atoms with Crippen LogP contribution in [-0.2, 0) is 32.6 Å². The third-order valence-electron chi connectivity index (χ3n) is 7.40. The zero-order valence-corrected chi connectivity index (χ0v) is 28.2. The quantitative estimate of drug-likeness (QED) is 0.188. The third-order valence-corrected chi connectivity index (χ3v) is 9.92. The molecule has 0 radical (unpaired) electrons. The Kier molecular flexibility index (Phi) is 11.6. The standard InChI is InChI=1S/C34H35Cl2N3O6S/c1-23-10-14-27(15-11-23)46(42,43)39(26-13-17-31(44-3)32(20-26)45-4)22-33(40)38(21-25-12-16-28(35)29(36)18-25)30(34(41)37-2)19-24-8-6-5-7-9-24/h5-18,20,30H,19,21-22H2,1-4H3,(H,37,41)/t30-/m1/s1. The average Bonchev–Trinajstić information content (AvgIpc) is 3.06. The molecule has 4 rings (SSSR count). The fraction of sp³-hybridized carbons (Fsp3) is 0.235. The first-order valence-electron chi connectivity index (χ1n) is 14.3. The van der Waals surface area contributed by atoms with Crippen LogP contribution in [0.3, 0.4) is 0 Å². The van der Waals surface area contributed by atoms with Crippen LogP contribution in [0.25, 0.3) is 0 Å². The molecule has 1 N–H and O–H groups in total. The van der Waals surface area contributed by atoms with Gasteiger partial charge >= 0.3 is 0 Å². The largest absolute Gasteiger partial charge is 0.493 e. The van der Waals surface area contributed by atoms with Crippen molar-refractivity contribution in [2.24, 2.45) is 0 Å². The zero-order valence-electron chi connectivity index (χ0n) is 25.9. The molecule has 0 spiro atoms. The SMILES string of the molecule is CNC(=O)[C@@H](Cc1ccccc1)N(Cc1ccc(Cl)c(Cl)c1)C(=O)CN(c1ccc(OC)c(OC)c1)S(=O)(=O)c1ccc(C)cc1. The molecule has 4 aromatic rings. The highest BCUT2D eigenvalue weighted by atomic mass is 35.5. The highest BCUT2D eigenvalue weighted by Gasteiger charge is 2.34. The summed E-state index contributed by atoms with van der Waals surface area (Å²) in [5.41, 5.74) is 2.45. The van der Waals surface area contributed by atoms with Gasteiger partial charge in [0.15, 0.2) is 11.5 Å². The molecule has 0 aliphatic rings. The molecule has 0 saturated carbocycles. The van der Waals surface area contributed by atoms with E-state index in [2.05, 4.69) is 5.32 Å². The van der Waals surface area contributed by atoms with Crippen LogP contribution in [0.1, 0.15) is 16.7 Å². The number of methoxy groups -OCH3 is 2. The van der Waals surface area contributed by atoms with Gasteiger partial charge in [-0.2, -0.15) is 0 Å². The number of anilines is 1. The number of ether oxygens (including phenoxy) is 2. The summed E-state index contributed by atoms with van der Waals surface area (Å²) in [7, 11) is 0.0961. The van der Waals surface area contributed by atoms with Crippen LogP contribution in [0, 0.1) is 6.92 Å². The molecule has 0 aliphatic heterocycles. The van der Waals surface area contributed by atoms with Crippen molar-refractivity contribution in [2.75, 3.05) is 32.1 Å². The minimum atomic E-state index is -4.29.